The summed E-state index contributed by atoms with van der Waals surface area (Å²) in [5, 5.41) is 0. The number of hydrogen-bond donors (Lipinski definition) is 0. The molecule has 1 aromatic carbocycles. The minimum absolute atomic E-state index is 0.0832. The first kappa shape index (κ1) is 12.6. The molecule has 2 nitrogen and oxygen atoms in total. The van der Waals surface area contributed by atoms with Crippen molar-refractivity contribution in [2.24, 2.45) is 5.41 Å². The van der Waals surface area contributed by atoms with Crippen molar-refractivity contribution in [3.8, 4) is 0 Å². The summed E-state index contributed by atoms with van der Waals surface area (Å²) in [6.45, 7) is 4.27. The Hall–Kier alpha value is -1.83. The molecule has 2 rings (SSSR count). The SMILES string of the molecule is C=CC[C@]1(C/C=C/c2ccccc2)CCOC1=O. The van der Waals surface area contributed by atoms with Crippen molar-refractivity contribution in [1.82, 2.24) is 0 Å². The maximum atomic E-state index is 11.8. The van der Waals surface area contributed by atoms with Gasteiger partial charge in [0, 0.05) is 0 Å². The first-order valence-corrected chi connectivity index (χ1v) is 6.27. The molecule has 0 amide bonds. The lowest BCUT2D eigenvalue weighted by molar-refractivity contribution is -0.146. The van der Waals surface area contributed by atoms with E-state index in [9.17, 15) is 4.79 Å². The van der Waals surface area contributed by atoms with E-state index in [0.29, 0.717) is 19.4 Å². The van der Waals surface area contributed by atoms with E-state index >= 15 is 0 Å². The molecule has 0 aliphatic carbocycles. The van der Waals surface area contributed by atoms with E-state index in [4.69, 9.17) is 4.74 Å². The van der Waals surface area contributed by atoms with Crippen LogP contribution in [0.4, 0.5) is 0 Å². The van der Waals surface area contributed by atoms with Crippen LogP contribution in [0.3, 0.4) is 0 Å². The van der Waals surface area contributed by atoms with Crippen molar-refractivity contribution in [1.29, 1.82) is 0 Å². The number of carbonyl (C=O) groups excluding carboxylic acids is 1. The zero-order valence-electron chi connectivity index (χ0n) is 10.5. The van der Waals surface area contributed by atoms with Gasteiger partial charge >= 0.3 is 5.97 Å². The standard InChI is InChI=1S/C16H18O2/c1-2-10-16(12-13-18-15(16)17)11-6-9-14-7-4-3-5-8-14/h2-9H,1,10-13H2/b9-6+/t16-/m0/s1. The molecule has 0 spiro atoms. The van der Waals surface area contributed by atoms with Gasteiger partial charge in [-0.3, -0.25) is 4.79 Å². The lowest BCUT2D eigenvalue weighted by Gasteiger charge is -2.20. The molecule has 1 aliphatic rings. The van der Waals surface area contributed by atoms with E-state index in [1.807, 2.05) is 36.4 Å². The summed E-state index contributed by atoms with van der Waals surface area (Å²) >= 11 is 0. The summed E-state index contributed by atoms with van der Waals surface area (Å²) in [7, 11) is 0. The molecule has 1 aromatic rings. The number of ether oxygens (including phenoxy) is 1. The molecule has 94 valence electrons. The summed E-state index contributed by atoms with van der Waals surface area (Å²) < 4.78 is 5.10. The zero-order valence-corrected chi connectivity index (χ0v) is 10.5. The highest BCUT2D eigenvalue weighted by Gasteiger charge is 2.42. The molecule has 1 aliphatic heterocycles. The van der Waals surface area contributed by atoms with Crippen molar-refractivity contribution in [3.63, 3.8) is 0 Å². The average molecular weight is 242 g/mol. The third kappa shape index (κ3) is 2.70. The zero-order chi connectivity index (χ0) is 12.8. The molecule has 2 heteroatoms. The minimum atomic E-state index is -0.382. The fraction of sp³-hybridized carbons (Fsp3) is 0.312. The third-order valence-corrected chi connectivity index (χ3v) is 3.40. The second-order valence-electron chi connectivity index (χ2n) is 4.68. The number of carbonyl (C=O) groups is 1. The van der Waals surface area contributed by atoms with E-state index in [0.717, 1.165) is 12.0 Å². The van der Waals surface area contributed by atoms with Crippen LogP contribution >= 0.6 is 0 Å². The Morgan fingerprint density at radius 2 is 2.06 bits per heavy atom. The summed E-state index contributed by atoms with van der Waals surface area (Å²) in [5.74, 6) is -0.0832. The van der Waals surface area contributed by atoms with Crippen molar-refractivity contribution in [3.05, 3.63) is 54.6 Å². The highest BCUT2D eigenvalue weighted by Crippen LogP contribution is 2.38. The van der Waals surface area contributed by atoms with Gasteiger partial charge in [-0.15, -0.1) is 6.58 Å². The number of rotatable bonds is 5. The molecule has 0 bridgehead atoms. The molecule has 18 heavy (non-hydrogen) atoms. The van der Waals surface area contributed by atoms with Gasteiger partial charge in [0.05, 0.1) is 12.0 Å². The molecule has 1 fully saturated rings. The summed E-state index contributed by atoms with van der Waals surface area (Å²) in [5.41, 5.74) is 0.769. The maximum Gasteiger partial charge on any atom is 0.312 e. The highest BCUT2D eigenvalue weighted by atomic mass is 16.5. The number of allylic oxidation sites excluding steroid dienone is 2. The van der Waals surface area contributed by atoms with Crippen LogP contribution in [0.25, 0.3) is 6.08 Å². The Bertz CT molecular complexity index is 447. The van der Waals surface area contributed by atoms with Crippen LogP contribution < -0.4 is 0 Å². The fourth-order valence-corrected chi connectivity index (χ4v) is 2.31. The van der Waals surface area contributed by atoms with E-state index < -0.39 is 0 Å². The molecular formula is C16H18O2. The van der Waals surface area contributed by atoms with Crippen molar-refractivity contribution >= 4 is 12.0 Å². The van der Waals surface area contributed by atoms with E-state index in [1.54, 1.807) is 0 Å². The summed E-state index contributed by atoms with van der Waals surface area (Å²) in [6, 6.07) is 10.1. The van der Waals surface area contributed by atoms with E-state index in [1.165, 1.54) is 0 Å². The van der Waals surface area contributed by atoms with Crippen molar-refractivity contribution in [2.45, 2.75) is 19.3 Å². The minimum Gasteiger partial charge on any atom is -0.465 e. The maximum absolute atomic E-state index is 11.8. The van der Waals surface area contributed by atoms with Crippen LogP contribution in [0, 0.1) is 5.41 Å². The van der Waals surface area contributed by atoms with Crippen LogP contribution in [0.2, 0.25) is 0 Å². The smallest absolute Gasteiger partial charge is 0.312 e. The molecule has 0 aromatic heterocycles. The Morgan fingerprint density at radius 1 is 1.28 bits per heavy atom. The quantitative estimate of drug-likeness (QED) is 0.582. The number of hydrogen-bond acceptors (Lipinski definition) is 2. The van der Waals surface area contributed by atoms with Gasteiger partial charge in [0.1, 0.15) is 0 Å². The van der Waals surface area contributed by atoms with Gasteiger partial charge in [-0.25, -0.2) is 0 Å². The van der Waals surface area contributed by atoms with Gasteiger partial charge in [0.25, 0.3) is 0 Å². The van der Waals surface area contributed by atoms with Crippen LogP contribution in [-0.2, 0) is 9.53 Å². The topological polar surface area (TPSA) is 26.3 Å². The van der Waals surface area contributed by atoms with Crippen molar-refractivity contribution in [2.75, 3.05) is 6.61 Å². The third-order valence-electron chi connectivity index (χ3n) is 3.40. The van der Waals surface area contributed by atoms with Gasteiger partial charge in [0.2, 0.25) is 0 Å². The second kappa shape index (κ2) is 5.67. The largest absolute Gasteiger partial charge is 0.465 e. The molecule has 1 saturated heterocycles. The van der Waals surface area contributed by atoms with Gasteiger partial charge in [-0.1, -0.05) is 48.6 Å². The van der Waals surface area contributed by atoms with Crippen LogP contribution in [0.5, 0.6) is 0 Å². The Morgan fingerprint density at radius 3 is 2.67 bits per heavy atom. The average Bonchev–Trinajstić information content (AvgIpc) is 2.73. The summed E-state index contributed by atoms with van der Waals surface area (Å²) in [6.07, 6.45) is 8.11. The normalized spacial score (nSPS) is 23.2. The molecule has 0 saturated carbocycles. The molecular weight excluding hydrogens is 224 g/mol. The predicted molar refractivity (Wildman–Crippen MR) is 72.9 cm³/mol. The summed E-state index contributed by atoms with van der Waals surface area (Å²) in [4.78, 5) is 11.8. The first-order chi connectivity index (χ1) is 8.77. The Labute approximate surface area is 108 Å². The molecule has 1 atom stereocenters. The molecule has 0 N–H and O–H groups in total. The second-order valence-corrected chi connectivity index (χ2v) is 4.68. The molecule has 0 radical (unpaired) electrons. The lowest BCUT2D eigenvalue weighted by Crippen LogP contribution is -2.24. The molecule has 0 unspecified atom stereocenters. The first-order valence-electron chi connectivity index (χ1n) is 6.27. The number of cyclic esters (lactones) is 1. The van der Waals surface area contributed by atoms with Crippen LogP contribution in [0.15, 0.2) is 49.1 Å². The van der Waals surface area contributed by atoms with E-state index in [-0.39, 0.29) is 11.4 Å². The number of esters is 1. The van der Waals surface area contributed by atoms with Crippen LogP contribution in [-0.4, -0.2) is 12.6 Å². The lowest BCUT2D eigenvalue weighted by atomic mass is 9.79. The van der Waals surface area contributed by atoms with Gasteiger partial charge in [-0.2, -0.15) is 0 Å². The van der Waals surface area contributed by atoms with Gasteiger partial charge in [-0.05, 0) is 24.8 Å². The van der Waals surface area contributed by atoms with Crippen LogP contribution in [0.1, 0.15) is 24.8 Å². The van der Waals surface area contributed by atoms with Gasteiger partial charge < -0.3 is 4.74 Å². The fourth-order valence-electron chi connectivity index (χ4n) is 2.31. The van der Waals surface area contributed by atoms with Crippen molar-refractivity contribution < 1.29 is 9.53 Å². The molecule has 1 heterocycles. The monoisotopic (exact) mass is 242 g/mol. The highest BCUT2D eigenvalue weighted by molar-refractivity contribution is 5.79. The Balaban J connectivity index is 2.05. The van der Waals surface area contributed by atoms with Gasteiger partial charge in [0.15, 0.2) is 0 Å². The predicted octanol–water partition coefficient (Wildman–Crippen LogP) is 3.60. The van der Waals surface area contributed by atoms with E-state index in [2.05, 4.69) is 18.7 Å². The number of benzene rings is 1. The Kier molecular flexibility index (Phi) is 3.98.